The summed E-state index contributed by atoms with van der Waals surface area (Å²) < 4.78 is 33.3. The highest BCUT2D eigenvalue weighted by Gasteiger charge is 2.29. The highest BCUT2D eigenvalue weighted by atomic mass is 32.2. The number of nitrogens with two attached hydrogens (primary N) is 1. The van der Waals surface area contributed by atoms with E-state index in [4.69, 9.17) is 10.5 Å². The van der Waals surface area contributed by atoms with Crippen LogP contribution in [0.1, 0.15) is 36.7 Å². The van der Waals surface area contributed by atoms with Crippen LogP contribution in [0.5, 0.6) is 5.75 Å². The number of nitrogens with one attached hydrogen (secondary N) is 1. The molecule has 2 aromatic rings. The second-order valence-corrected chi connectivity index (χ2v) is 9.56. The Kier molecular flexibility index (Phi) is 5.38. The Morgan fingerprint density at radius 3 is 2.50 bits per heavy atom. The molecule has 0 saturated carbocycles. The van der Waals surface area contributed by atoms with Crippen molar-refractivity contribution in [3.05, 3.63) is 47.5 Å². The maximum Gasteiger partial charge on any atom is 0.414 e. The monoisotopic (exact) mass is 433 g/mol. The minimum atomic E-state index is -4.07. The van der Waals surface area contributed by atoms with E-state index in [-0.39, 0.29) is 16.1 Å². The number of hydrogen-bond acceptors (Lipinski definition) is 6. The molecule has 160 valence electrons. The van der Waals surface area contributed by atoms with E-state index >= 15 is 0 Å². The number of hydrogen-bond donors (Lipinski definition) is 3. The van der Waals surface area contributed by atoms with Gasteiger partial charge in [0.05, 0.1) is 21.8 Å². The third-order valence-corrected chi connectivity index (χ3v) is 5.77. The van der Waals surface area contributed by atoms with Crippen LogP contribution < -0.4 is 15.4 Å². The van der Waals surface area contributed by atoms with Gasteiger partial charge in [-0.2, -0.15) is 0 Å². The Hall–Kier alpha value is -3.27. The van der Waals surface area contributed by atoms with E-state index in [0.29, 0.717) is 18.7 Å². The maximum atomic E-state index is 12.7. The molecule has 0 aromatic heterocycles. The van der Waals surface area contributed by atoms with Gasteiger partial charge in [-0.05, 0) is 63.1 Å². The van der Waals surface area contributed by atoms with Crippen LogP contribution in [-0.4, -0.2) is 37.7 Å². The van der Waals surface area contributed by atoms with Gasteiger partial charge in [-0.25, -0.2) is 13.2 Å². The summed E-state index contributed by atoms with van der Waals surface area (Å²) in [6.45, 7) is 5.74. The second kappa shape index (κ2) is 7.52. The topological polar surface area (TPSA) is 139 Å². The zero-order chi connectivity index (χ0) is 22.3. The van der Waals surface area contributed by atoms with E-state index in [1.807, 2.05) is 0 Å². The van der Waals surface area contributed by atoms with Gasteiger partial charge in [0.1, 0.15) is 11.4 Å². The smallest absolute Gasteiger partial charge is 0.414 e. The van der Waals surface area contributed by atoms with Crippen molar-refractivity contribution in [3.63, 3.8) is 0 Å². The molecule has 0 saturated heterocycles. The van der Waals surface area contributed by atoms with Gasteiger partial charge < -0.3 is 15.6 Å². The van der Waals surface area contributed by atoms with Crippen LogP contribution >= 0.6 is 0 Å². The highest BCUT2D eigenvalue weighted by molar-refractivity contribution is 7.92. The molecule has 0 spiro atoms. The third kappa shape index (κ3) is 4.48. The minimum absolute atomic E-state index is 0.234. The maximum absolute atomic E-state index is 12.7. The second-order valence-electron chi connectivity index (χ2n) is 7.87. The number of rotatable bonds is 4. The summed E-state index contributed by atoms with van der Waals surface area (Å²) in [5.41, 5.74) is 5.90. The molecule has 9 nitrogen and oxygen atoms in total. The fourth-order valence-electron chi connectivity index (χ4n) is 3.04. The van der Waals surface area contributed by atoms with Gasteiger partial charge in [0, 0.05) is 6.54 Å². The Labute approximate surface area is 174 Å². The SMILES string of the molecule is CC(C)(C)OC(=O)N1CCc2ccc(NS(=O)(=O)c3ccc(O)c(C(N)=O)c3)cc21. The number of carbonyl (C=O) groups excluding carboxylic acids is 2. The molecule has 4 N–H and O–H groups in total. The molecule has 10 heteroatoms. The summed E-state index contributed by atoms with van der Waals surface area (Å²) in [6, 6.07) is 8.12. The van der Waals surface area contributed by atoms with Gasteiger partial charge in [-0.1, -0.05) is 6.07 Å². The first-order valence-electron chi connectivity index (χ1n) is 9.16. The first-order valence-corrected chi connectivity index (χ1v) is 10.6. The van der Waals surface area contributed by atoms with E-state index in [1.165, 1.54) is 4.90 Å². The van der Waals surface area contributed by atoms with E-state index in [2.05, 4.69) is 4.72 Å². The molecule has 30 heavy (non-hydrogen) atoms. The molecule has 0 radical (unpaired) electrons. The van der Waals surface area contributed by atoms with E-state index in [1.54, 1.807) is 39.0 Å². The number of aromatic hydroxyl groups is 1. The Balaban J connectivity index is 1.88. The number of amides is 2. The molecule has 0 aliphatic carbocycles. The lowest BCUT2D eigenvalue weighted by Gasteiger charge is -2.25. The fourth-order valence-corrected chi connectivity index (χ4v) is 4.12. The lowest BCUT2D eigenvalue weighted by molar-refractivity contribution is 0.0583. The van der Waals surface area contributed by atoms with Gasteiger partial charge in [-0.15, -0.1) is 0 Å². The number of primary amides is 1. The average Bonchev–Trinajstić information content (AvgIpc) is 3.03. The molecule has 1 heterocycles. The van der Waals surface area contributed by atoms with Crippen LogP contribution in [0.3, 0.4) is 0 Å². The first-order chi connectivity index (χ1) is 13.9. The van der Waals surface area contributed by atoms with Crippen molar-refractivity contribution in [2.24, 2.45) is 5.73 Å². The van der Waals surface area contributed by atoms with Crippen molar-refractivity contribution in [3.8, 4) is 5.75 Å². The van der Waals surface area contributed by atoms with E-state index in [9.17, 15) is 23.1 Å². The van der Waals surface area contributed by atoms with Crippen LogP contribution in [0, 0.1) is 0 Å². The predicted molar refractivity (Wildman–Crippen MR) is 111 cm³/mol. The molecule has 0 atom stereocenters. The van der Waals surface area contributed by atoms with Gasteiger partial charge in [0.25, 0.3) is 15.9 Å². The number of sulfonamides is 1. The van der Waals surface area contributed by atoms with Gasteiger partial charge in [0.15, 0.2) is 0 Å². The summed E-state index contributed by atoms with van der Waals surface area (Å²) in [5, 5.41) is 9.66. The van der Waals surface area contributed by atoms with Crippen LogP contribution in [0.15, 0.2) is 41.3 Å². The molecular formula is C20H23N3O6S. The van der Waals surface area contributed by atoms with Crippen molar-refractivity contribution < 1.29 is 27.9 Å². The predicted octanol–water partition coefficient (Wildman–Crippen LogP) is 2.59. The molecule has 2 amide bonds. The lowest BCUT2D eigenvalue weighted by Crippen LogP contribution is -2.35. The average molecular weight is 433 g/mol. The fraction of sp³-hybridized carbons (Fsp3) is 0.300. The number of anilines is 2. The molecule has 1 aliphatic heterocycles. The summed E-state index contributed by atoms with van der Waals surface area (Å²) in [7, 11) is -4.07. The quantitative estimate of drug-likeness (QED) is 0.677. The van der Waals surface area contributed by atoms with Gasteiger partial charge >= 0.3 is 6.09 Å². The van der Waals surface area contributed by atoms with Crippen molar-refractivity contribution in [1.29, 1.82) is 0 Å². The van der Waals surface area contributed by atoms with Crippen molar-refractivity contribution in [1.82, 2.24) is 0 Å². The largest absolute Gasteiger partial charge is 0.507 e. The van der Waals surface area contributed by atoms with Crippen molar-refractivity contribution in [2.75, 3.05) is 16.2 Å². The molecule has 0 fully saturated rings. The number of phenols is 1. The van der Waals surface area contributed by atoms with Crippen LogP contribution in [0.4, 0.5) is 16.2 Å². The minimum Gasteiger partial charge on any atom is -0.507 e. The Morgan fingerprint density at radius 1 is 1.17 bits per heavy atom. The summed E-state index contributed by atoms with van der Waals surface area (Å²) >= 11 is 0. The Morgan fingerprint density at radius 2 is 1.87 bits per heavy atom. The van der Waals surface area contributed by atoms with Crippen LogP contribution in [0.25, 0.3) is 0 Å². The number of nitrogens with zero attached hydrogens (tertiary/aromatic N) is 1. The Bertz CT molecular complexity index is 1120. The number of carbonyl (C=O) groups is 2. The zero-order valence-electron chi connectivity index (χ0n) is 16.8. The van der Waals surface area contributed by atoms with Crippen molar-refractivity contribution >= 4 is 33.4 Å². The third-order valence-electron chi connectivity index (χ3n) is 4.39. The number of fused-ring (bicyclic) bond motifs is 1. The molecule has 0 unspecified atom stereocenters. The van der Waals surface area contributed by atoms with E-state index < -0.39 is 33.4 Å². The summed E-state index contributed by atoms with van der Waals surface area (Å²) in [5.74, 6) is -1.36. The molecule has 0 bridgehead atoms. The molecular weight excluding hydrogens is 410 g/mol. The van der Waals surface area contributed by atoms with Crippen LogP contribution in [-0.2, 0) is 21.2 Å². The highest BCUT2D eigenvalue weighted by Crippen LogP contribution is 2.33. The summed E-state index contributed by atoms with van der Waals surface area (Å²) in [4.78, 5) is 25.1. The zero-order valence-corrected chi connectivity index (χ0v) is 17.6. The summed E-state index contributed by atoms with van der Waals surface area (Å²) in [6.07, 6.45) is 0.118. The molecule has 3 rings (SSSR count). The van der Waals surface area contributed by atoms with E-state index in [0.717, 1.165) is 23.8 Å². The van der Waals surface area contributed by atoms with Gasteiger partial charge in [-0.3, -0.25) is 14.4 Å². The number of benzene rings is 2. The number of ether oxygens (including phenoxy) is 1. The van der Waals surface area contributed by atoms with Crippen molar-refractivity contribution in [2.45, 2.75) is 37.7 Å². The lowest BCUT2D eigenvalue weighted by atomic mass is 10.1. The molecule has 1 aliphatic rings. The molecule has 2 aromatic carbocycles. The standard InChI is InChI=1S/C20H23N3O6S/c1-20(2,3)29-19(26)23-9-8-12-4-5-13(10-16(12)23)22-30(27,28)14-6-7-17(24)15(11-14)18(21)25/h4-7,10-11,22,24H,8-9H2,1-3H3,(H2,21,25). The van der Waals surface area contributed by atoms with Crippen LogP contribution in [0.2, 0.25) is 0 Å². The normalized spacial score (nSPS) is 13.6. The van der Waals surface area contributed by atoms with Gasteiger partial charge in [0.2, 0.25) is 0 Å². The first kappa shape index (κ1) is 21.4.